The Balaban J connectivity index is 1.91. The van der Waals surface area contributed by atoms with Crippen LogP contribution < -0.4 is 4.74 Å². The van der Waals surface area contributed by atoms with Crippen LogP contribution in [0.4, 0.5) is 0 Å². The van der Waals surface area contributed by atoms with Crippen molar-refractivity contribution in [1.82, 2.24) is 4.98 Å². The summed E-state index contributed by atoms with van der Waals surface area (Å²) in [5, 5.41) is 1.18. The Bertz CT molecular complexity index is 433. The van der Waals surface area contributed by atoms with E-state index >= 15 is 0 Å². The molecule has 1 heterocycles. The van der Waals surface area contributed by atoms with Crippen molar-refractivity contribution >= 4 is 10.9 Å². The normalized spacial score (nSPS) is 10.8. The molecule has 0 fully saturated rings. The molecule has 0 saturated carbocycles. The van der Waals surface area contributed by atoms with Crippen molar-refractivity contribution in [1.29, 1.82) is 0 Å². The molecule has 0 atom stereocenters. The van der Waals surface area contributed by atoms with Gasteiger partial charge in [0.1, 0.15) is 5.75 Å². The number of unbranched alkanes of at least 4 members (excludes halogenated alkanes) is 3. The van der Waals surface area contributed by atoms with Crippen LogP contribution in [0.25, 0.3) is 10.9 Å². The van der Waals surface area contributed by atoms with E-state index in [1.807, 2.05) is 18.3 Å². The third-order valence-electron chi connectivity index (χ3n) is 2.81. The lowest BCUT2D eigenvalue weighted by molar-refractivity contribution is 0.308. The maximum atomic E-state index is 5.80. The number of rotatable bonds is 6. The standard InChI is InChI=1S/C14H19NO/c1-2-3-4-5-11-16-14-8-6-7-13-12(14)9-10-15-13/h6-10,15H,2-5,11H2,1H3. The van der Waals surface area contributed by atoms with Crippen LogP contribution in [0, 0.1) is 0 Å². The average molecular weight is 217 g/mol. The van der Waals surface area contributed by atoms with Gasteiger partial charge in [0.2, 0.25) is 0 Å². The molecule has 1 aromatic carbocycles. The Kier molecular flexibility index (Phi) is 3.86. The lowest BCUT2D eigenvalue weighted by Crippen LogP contribution is -1.97. The minimum Gasteiger partial charge on any atom is -0.493 e. The quantitative estimate of drug-likeness (QED) is 0.723. The molecule has 2 nitrogen and oxygen atoms in total. The van der Waals surface area contributed by atoms with Gasteiger partial charge in [0, 0.05) is 17.1 Å². The summed E-state index contributed by atoms with van der Waals surface area (Å²) in [5.74, 6) is 0.996. The van der Waals surface area contributed by atoms with Gasteiger partial charge in [0.05, 0.1) is 6.61 Å². The third-order valence-corrected chi connectivity index (χ3v) is 2.81. The van der Waals surface area contributed by atoms with Gasteiger partial charge in [0.15, 0.2) is 0 Å². The minimum absolute atomic E-state index is 0.824. The summed E-state index contributed by atoms with van der Waals surface area (Å²) in [6.07, 6.45) is 6.94. The van der Waals surface area contributed by atoms with E-state index in [-0.39, 0.29) is 0 Å². The highest BCUT2D eigenvalue weighted by Gasteiger charge is 2.01. The van der Waals surface area contributed by atoms with Gasteiger partial charge in [-0.1, -0.05) is 32.3 Å². The first-order chi connectivity index (χ1) is 7.92. The van der Waals surface area contributed by atoms with E-state index in [4.69, 9.17) is 4.74 Å². The molecule has 2 rings (SSSR count). The summed E-state index contributed by atoms with van der Waals surface area (Å²) >= 11 is 0. The van der Waals surface area contributed by atoms with Crippen LogP contribution in [0.3, 0.4) is 0 Å². The van der Waals surface area contributed by atoms with E-state index in [2.05, 4.69) is 24.0 Å². The first-order valence-electron chi connectivity index (χ1n) is 6.10. The zero-order chi connectivity index (χ0) is 11.2. The highest BCUT2D eigenvalue weighted by molar-refractivity contribution is 5.85. The smallest absolute Gasteiger partial charge is 0.128 e. The summed E-state index contributed by atoms with van der Waals surface area (Å²) in [4.78, 5) is 3.19. The monoisotopic (exact) mass is 217 g/mol. The summed E-state index contributed by atoms with van der Waals surface area (Å²) in [6.45, 7) is 3.05. The topological polar surface area (TPSA) is 25.0 Å². The fourth-order valence-electron chi connectivity index (χ4n) is 1.89. The number of benzene rings is 1. The Hall–Kier alpha value is -1.44. The largest absolute Gasteiger partial charge is 0.493 e. The molecule has 0 amide bonds. The second-order valence-corrected chi connectivity index (χ2v) is 4.10. The first-order valence-corrected chi connectivity index (χ1v) is 6.10. The Morgan fingerprint density at radius 2 is 2.06 bits per heavy atom. The molecule has 16 heavy (non-hydrogen) atoms. The van der Waals surface area contributed by atoms with E-state index in [0.29, 0.717) is 0 Å². The number of nitrogens with one attached hydrogen (secondary N) is 1. The number of aromatic nitrogens is 1. The molecule has 0 unspecified atom stereocenters. The van der Waals surface area contributed by atoms with Gasteiger partial charge in [-0.15, -0.1) is 0 Å². The van der Waals surface area contributed by atoms with E-state index in [9.17, 15) is 0 Å². The lowest BCUT2D eigenvalue weighted by atomic mass is 10.2. The van der Waals surface area contributed by atoms with Gasteiger partial charge >= 0.3 is 0 Å². The zero-order valence-electron chi connectivity index (χ0n) is 9.83. The molecule has 0 aliphatic heterocycles. The molecule has 0 bridgehead atoms. The van der Waals surface area contributed by atoms with Crippen LogP contribution >= 0.6 is 0 Å². The predicted octanol–water partition coefficient (Wildman–Crippen LogP) is 4.13. The molecular weight excluding hydrogens is 198 g/mol. The Morgan fingerprint density at radius 1 is 1.12 bits per heavy atom. The van der Waals surface area contributed by atoms with Crippen LogP contribution in [0.15, 0.2) is 30.5 Å². The third kappa shape index (κ3) is 2.57. The van der Waals surface area contributed by atoms with E-state index in [1.54, 1.807) is 0 Å². The SMILES string of the molecule is CCCCCCOc1cccc2[nH]ccc12. The van der Waals surface area contributed by atoms with E-state index < -0.39 is 0 Å². The zero-order valence-corrected chi connectivity index (χ0v) is 9.83. The lowest BCUT2D eigenvalue weighted by Gasteiger charge is -2.06. The van der Waals surface area contributed by atoms with Gasteiger partial charge in [-0.3, -0.25) is 0 Å². The number of hydrogen-bond donors (Lipinski definition) is 1. The van der Waals surface area contributed by atoms with Crippen LogP contribution in [0.2, 0.25) is 0 Å². The van der Waals surface area contributed by atoms with Crippen molar-refractivity contribution in [2.75, 3.05) is 6.61 Å². The molecule has 0 saturated heterocycles. The summed E-state index contributed by atoms with van der Waals surface area (Å²) in [6, 6.07) is 8.20. The fraction of sp³-hybridized carbons (Fsp3) is 0.429. The summed E-state index contributed by atoms with van der Waals surface area (Å²) < 4.78 is 5.80. The minimum atomic E-state index is 0.824. The molecule has 2 aromatic rings. The van der Waals surface area contributed by atoms with Crippen LogP contribution in [-0.4, -0.2) is 11.6 Å². The average Bonchev–Trinajstić information content (AvgIpc) is 2.77. The summed E-state index contributed by atoms with van der Waals surface area (Å²) in [5.41, 5.74) is 1.14. The number of ether oxygens (including phenoxy) is 1. The van der Waals surface area contributed by atoms with Gasteiger partial charge in [0.25, 0.3) is 0 Å². The number of hydrogen-bond acceptors (Lipinski definition) is 1. The van der Waals surface area contributed by atoms with Gasteiger partial charge < -0.3 is 9.72 Å². The predicted molar refractivity (Wildman–Crippen MR) is 67.9 cm³/mol. The summed E-state index contributed by atoms with van der Waals surface area (Å²) in [7, 11) is 0. The molecular formula is C14H19NO. The van der Waals surface area contributed by atoms with Crippen LogP contribution in [0.1, 0.15) is 32.6 Å². The Morgan fingerprint density at radius 3 is 2.94 bits per heavy atom. The number of aromatic amines is 1. The number of H-pyrrole nitrogens is 1. The maximum absolute atomic E-state index is 5.80. The second kappa shape index (κ2) is 5.59. The maximum Gasteiger partial charge on any atom is 0.128 e. The van der Waals surface area contributed by atoms with Gasteiger partial charge in [-0.05, 0) is 24.6 Å². The van der Waals surface area contributed by atoms with E-state index in [1.165, 1.54) is 24.6 Å². The molecule has 0 aliphatic rings. The highest BCUT2D eigenvalue weighted by Crippen LogP contribution is 2.24. The molecule has 86 valence electrons. The molecule has 2 heteroatoms. The molecule has 0 aliphatic carbocycles. The van der Waals surface area contributed by atoms with Crippen LogP contribution in [0.5, 0.6) is 5.75 Å². The van der Waals surface area contributed by atoms with Crippen molar-refractivity contribution in [3.63, 3.8) is 0 Å². The molecule has 0 radical (unpaired) electrons. The van der Waals surface area contributed by atoms with Crippen molar-refractivity contribution in [2.45, 2.75) is 32.6 Å². The first kappa shape index (κ1) is 11.1. The van der Waals surface area contributed by atoms with Crippen molar-refractivity contribution in [3.05, 3.63) is 30.5 Å². The van der Waals surface area contributed by atoms with E-state index in [0.717, 1.165) is 24.3 Å². The van der Waals surface area contributed by atoms with Gasteiger partial charge in [-0.2, -0.15) is 0 Å². The second-order valence-electron chi connectivity index (χ2n) is 4.10. The number of fused-ring (bicyclic) bond motifs is 1. The van der Waals surface area contributed by atoms with Crippen LogP contribution in [-0.2, 0) is 0 Å². The Labute approximate surface area is 96.6 Å². The fourth-order valence-corrected chi connectivity index (χ4v) is 1.89. The van der Waals surface area contributed by atoms with Crippen molar-refractivity contribution in [3.8, 4) is 5.75 Å². The molecule has 0 spiro atoms. The van der Waals surface area contributed by atoms with Crippen molar-refractivity contribution in [2.24, 2.45) is 0 Å². The molecule has 1 N–H and O–H groups in total. The van der Waals surface area contributed by atoms with Gasteiger partial charge in [-0.25, -0.2) is 0 Å². The van der Waals surface area contributed by atoms with Crippen molar-refractivity contribution < 1.29 is 4.74 Å². The highest BCUT2D eigenvalue weighted by atomic mass is 16.5. The molecule has 1 aromatic heterocycles.